The zero-order valence-corrected chi connectivity index (χ0v) is 13.1. The second-order valence-electron chi connectivity index (χ2n) is 5.38. The Morgan fingerprint density at radius 2 is 1.74 bits per heavy atom. The lowest BCUT2D eigenvalue weighted by molar-refractivity contribution is 0.956. The van der Waals surface area contributed by atoms with Gasteiger partial charge in [0.1, 0.15) is 0 Å². The second-order valence-corrected chi connectivity index (χ2v) is 6.30. The summed E-state index contributed by atoms with van der Waals surface area (Å²) in [5, 5.41) is 0. The lowest BCUT2D eigenvalue weighted by Crippen LogP contribution is -2.03. The summed E-state index contributed by atoms with van der Waals surface area (Å²) in [6.07, 6.45) is 2.31. The van der Waals surface area contributed by atoms with E-state index < -0.39 is 0 Å². The Labute approximate surface area is 123 Å². The van der Waals surface area contributed by atoms with Crippen LogP contribution in [-0.4, -0.2) is 0 Å². The third-order valence-corrected chi connectivity index (χ3v) is 4.65. The molecule has 0 radical (unpaired) electrons. The molecule has 0 amide bonds. The zero-order chi connectivity index (χ0) is 13.6. The lowest BCUT2D eigenvalue weighted by atomic mass is 9.85. The second kappa shape index (κ2) is 4.64. The highest BCUT2D eigenvalue weighted by molar-refractivity contribution is 9.10. The van der Waals surface area contributed by atoms with Gasteiger partial charge in [-0.25, -0.2) is 0 Å². The van der Waals surface area contributed by atoms with E-state index in [0.717, 1.165) is 4.47 Å². The first kappa shape index (κ1) is 12.7. The van der Waals surface area contributed by atoms with Crippen LogP contribution in [0.25, 0.3) is 6.08 Å². The number of hydrogen-bond donors (Lipinski definition) is 0. The molecule has 1 atom stereocenters. The quantitative estimate of drug-likeness (QED) is 0.641. The van der Waals surface area contributed by atoms with Crippen molar-refractivity contribution >= 4 is 22.0 Å². The van der Waals surface area contributed by atoms with Gasteiger partial charge in [-0.05, 0) is 60.7 Å². The molecular formula is C18H17Br. The van der Waals surface area contributed by atoms with Gasteiger partial charge in [0.15, 0.2) is 0 Å². The van der Waals surface area contributed by atoms with Crippen molar-refractivity contribution in [3.8, 4) is 0 Å². The number of aryl methyl sites for hydroxylation is 1. The van der Waals surface area contributed by atoms with E-state index in [9.17, 15) is 0 Å². The van der Waals surface area contributed by atoms with Crippen LogP contribution in [0, 0.1) is 13.8 Å². The van der Waals surface area contributed by atoms with Crippen LogP contribution < -0.4 is 0 Å². The number of benzene rings is 2. The van der Waals surface area contributed by atoms with Crippen molar-refractivity contribution in [1.29, 1.82) is 0 Å². The molecular weight excluding hydrogens is 296 g/mol. The maximum absolute atomic E-state index is 3.59. The molecule has 2 aromatic rings. The first-order valence-corrected chi connectivity index (χ1v) is 7.41. The molecule has 0 bridgehead atoms. The largest absolute Gasteiger partial charge is 0.0617 e. The standard InChI is InChI=1S/C18H17Br/c1-11-5-4-6-16(13(11)3)18-12(2)9-14-7-8-15(19)10-17(14)18/h4-10,18H,1-3H3. The van der Waals surface area contributed by atoms with Crippen molar-refractivity contribution in [2.75, 3.05) is 0 Å². The van der Waals surface area contributed by atoms with E-state index in [1.807, 2.05) is 0 Å². The Morgan fingerprint density at radius 3 is 2.53 bits per heavy atom. The zero-order valence-electron chi connectivity index (χ0n) is 11.5. The number of fused-ring (bicyclic) bond motifs is 1. The molecule has 0 fully saturated rings. The summed E-state index contributed by atoms with van der Waals surface area (Å²) in [5.41, 5.74) is 8.42. The van der Waals surface area contributed by atoms with Gasteiger partial charge < -0.3 is 0 Å². The number of halogens is 1. The van der Waals surface area contributed by atoms with E-state index in [2.05, 4.69) is 79.2 Å². The molecule has 0 spiro atoms. The van der Waals surface area contributed by atoms with Crippen molar-refractivity contribution in [1.82, 2.24) is 0 Å². The highest BCUT2D eigenvalue weighted by Gasteiger charge is 2.25. The molecule has 0 saturated carbocycles. The Kier molecular flexibility index (Phi) is 3.10. The molecule has 19 heavy (non-hydrogen) atoms. The summed E-state index contributed by atoms with van der Waals surface area (Å²) in [6, 6.07) is 13.2. The Balaban J connectivity index is 2.20. The molecule has 0 saturated heterocycles. The molecule has 2 aromatic carbocycles. The first-order valence-electron chi connectivity index (χ1n) is 6.61. The average molecular weight is 313 g/mol. The molecule has 0 aliphatic heterocycles. The molecule has 1 unspecified atom stereocenters. The third-order valence-electron chi connectivity index (χ3n) is 4.16. The minimum atomic E-state index is 0.410. The van der Waals surface area contributed by atoms with Crippen LogP contribution in [0.2, 0.25) is 0 Å². The van der Waals surface area contributed by atoms with Crippen molar-refractivity contribution in [2.45, 2.75) is 26.7 Å². The average Bonchev–Trinajstić information content (AvgIpc) is 2.69. The van der Waals surface area contributed by atoms with Crippen LogP contribution in [0.5, 0.6) is 0 Å². The van der Waals surface area contributed by atoms with Crippen LogP contribution in [0.3, 0.4) is 0 Å². The van der Waals surface area contributed by atoms with Gasteiger partial charge in [-0.1, -0.05) is 51.8 Å². The van der Waals surface area contributed by atoms with E-state index in [1.165, 1.54) is 33.4 Å². The summed E-state index contributed by atoms with van der Waals surface area (Å²) < 4.78 is 1.16. The third kappa shape index (κ3) is 2.06. The summed E-state index contributed by atoms with van der Waals surface area (Å²) in [7, 11) is 0. The molecule has 1 heteroatoms. The normalized spacial score (nSPS) is 17.3. The minimum absolute atomic E-state index is 0.410. The van der Waals surface area contributed by atoms with Gasteiger partial charge in [-0.15, -0.1) is 0 Å². The molecule has 0 aromatic heterocycles. The predicted molar refractivity (Wildman–Crippen MR) is 85.6 cm³/mol. The molecule has 0 nitrogen and oxygen atoms in total. The van der Waals surface area contributed by atoms with Gasteiger partial charge in [0, 0.05) is 10.4 Å². The number of hydrogen-bond acceptors (Lipinski definition) is 0. The predicted octanol–water partition coefficient (Wildman–Crippen LogP) is 5.61. The highest BCUT2D eigenvalue weighted by atomic mass is 79.9. The van der Waals surface area contributed by atoms with E-state index >= 15 is 0 Å². The minimum Gasteiger partial charge on any atom is -0.0617 e. The van der Waals surface area contributed by atoms with Gasteiger partial charge in [-0.2, -0.15) is 0 Å². The van der Waals surface area contributed by atoms with Gasteiger partial charge in [0.25, 0.3) is 0 Å². The fourth-order valence-electron chi connectivity index (χ4n) is 3.00. The number of rotatable bonds is 1. The molecule has 0 heterocycles. The van der Waals surface area contributed by atoms with E-state index in [4.69, 9.17) is 0 Å². The van der Waals surface area contributed by atoms with Crippen molar-refractivity contribution < 1.29 is 0 Å². The van der Waals surface area contributed by atoms with Crippen LogP contribution >= 0.6 is 15.9 Å². The van der Waals surface area contributed by atoms with E-state index in [1.54, 1.807) is 0 Å². The fourth-order valence-corrected chi connectivity index (χ4v) is 3.38. The SMILES string of the molecule is CC1=Cc2ccc(Br)cc2C1c1cccc(C)c1C. The molecule has 1 aliphatic rings. The van der Waals surface area contributed by atoms with E-state index in [0.29, 0.717) is 5.92 Å². The van der Waals surface area contributed by atoms with Crippen LogP contribution in [0.4, 0.5) is 0 Å². The van der Waals surface area contributed by atoms with Crippen LogP contribution in [0.15, 0.2) is 46.4 Å². The fraction of sp³-hybridized carbons (Fsp3) is 0.222. The molecule has 1 aliphatic carbocycles. The highest BCUT2D eigenvalue weighted by Crippen LogP contribution is 2.43. The maximum Gasteiger partial charge on any atom is 0.0308 e. The van der Waals surface area contributed by atoms with E-state index in [-0.39, 0.29) is 0 Å². The lowest BCUT2D eigenvalue weighted by Gasteiger charge is -2.19. The summed E-state index contributed by atoms with van der Waals surface area (Å²) >= 11 is 3.59. The van der Waals surface area contributed by atoms with Crippen molar-refractivity contribution in [2.24, 2.45) is 0 Å². The van der Waals surface area contributed by atoms with Gasteiger partial charge in [-0.3, -0.25) is 0 Å². The smallest absolute Gasteiger partial charge is 0.0308 e. The monoisotopic (exact) mass is 312 g/mol. The van der Waals surface area contributed by atoms with Gasteiger partial charge in [0.05, 0.1) is 0 Å². The van der Waals surface area contributed by atoms with Crippen molar-refractivity contribution in [3.63, 3.8) is 0 Å². The molecule has 96 valence electrons. The van der Waals surface area contributed by atoms with Gasteiger partial charge >= 0.3 is 0 Å². The summed E-state index contributed by atoms with van der Waals surface area (Å²) in [5.74, 6) is 0.410. The number of allylic oxidation sites excluding steroid dienone is 1. The first-order chi connectivity index (χ1) is 9.08. The van der Waals surface area contributed by atoms with Gasteiger partial charge in [0.2, 0.25) is 0 Å². The maximum atomic E-state index is 3.59. The van der Waals surface area contributed by atoms with Crippen molar-refractivity contribution in [3.05, 3.63) is 74.3 Å². The molecule has 0 N–H and O–H groups in total. The molecule has 3 rings (SSSR count). The topological polar surface area (TPSA) is 0 Å². The Hall–Kier alpha value is -1.34. The Bertz CT molecular complexity index is 680. The Morgan fingerprint density at radius 1 is 0.947 bits per heavy atom. The summed E-state index contributed by atoms with van der Waals surface area (Å²) in [6.45, 7) is 6.66. The van der Waals surface area contributed by atoms with Crippen LogP contribution in [-0.2, 0) is 0 Å². The summed E-state index contributed by atoms with van der Waals surface area (Å²) in [4.78, 5) is 0. The van der Waals surface area contributed by atoms with Crippen LogP contribution in [0.1, 0.15) is 40.7 Å².